The van der Waals surface area contributed by atoms with Gasteiger partial charge in [-0.05, 0) is 19.1 Å². The Morgan fingerprint density at radius 2 is 2.25 bits per heavy atom. The van der Waals surface area contributed by atoms with Gasteiger partial charge in [0, 0.05) is 23.2 Å². The number of aromatic nitrogens is 1. The van der Waals surface area contributed by atoms with E-state index in [0.717, 1.165) is 22.2 Å². The van der Waals surface area contributed by atoms with Gasteiger partial charge in [0.25, 0.3) is 0 Å². The summed E-state index contributed by atoms with van der Waals surface area (Å²) >= 11 is 0. The fourth-order valence-electron chi connectivity index (χ4n) is 1.41. The number of ether oxygens (including phenoxy) is 1. The van der Waals surface area contributed by atoms with Crippen LogP contribution < -0.4 is 4.74 Å². The van der Waals surface area contributed by atoms with E-state index in [1.807, 2.05) is 25.3 Å². The molecule has 2 rings (SSSR count). The summed E-state index contributed by atoms with van der Waals surface area (Å²) in [5, 5.41) is 1.10. The number of hydrogen-bond acceptors (Lipinski definition) is 1. The fourth-order valence-corrected chi connectivity index (χ4v) is 1.41. The van der Waals surface area contributed by atoms with E-state index in [1.165, 1.54) is 0 Å². The highest BCUT2D eigenvalue weighted by Gasteiger charge is 2.03. The van der Waals surface area contributed by atoms with Crippen molar-refractivity contribution in [1.29, 1.82) is 0 Å². The van der Waals surface area contributed by atoms with E-state index in [-0.39, 0.29) is 0 Å². The minimum atomic E-state index is 0.915. The molecule has 0 aliphatic heterocycles. The first-order valence-corrected chi connectivity index (χ1v) is 3.85. The largest absolute Gasteiger partial charge is 0.496 e. The Morgan fingerprint density at radius 1 is 1.42 bits per heavy atom. The topological polar surface area (TPSA) is 25.0 Å². The third kappa shape index (κ3) is 0.881. The lowest BCUT2D eigenvalue weighted by molar-refractivity contribution is 0.412. The molecule has 2 heteroatoms. The molecule has 2 nitrogen and oxygen atoms in total. The number of aryl methyl sites for hydroxylation is 1. The average molecular weight is 160 g/mol. The van der Waals surface area contributed by atoms with Gasteiger partial charge in [0.15, 0.2) is 0 Å². The second-order valence-corrected chi connectivity index (χ2v) is 2.75. The molecule has 0 saturated heterocycles. The van der Waals surface area contributed by atoms with Crippen LogP contribution in [0.3, 0.4) is 0 Å². The molecule has 0 spiro atoms. The molecule has 0 atom stereocenters. The molecule has 1 N–H and O–H groups in total. The lowest BCUT2D eigenvalue weighted by Gasteiger charge is -2.04. The lowest BCUT2D eigenvalue weighted by atomic mass is 10.1. The molecule has 2 aromatic rings. The Kier molecular flexibility index (Phi) is 1.54. The predicted molar refractivity (Wildman–Crippen MR) is 48.4 cm³/mol. The summed E-state index contributed by atoms with van der Waals surface area (Å²) in [7, 11) is 1.68. The Labute approximate surface area is 71.2 Å². The highest BCUT2D eigenvalue weighted by atomic mass is 16.5. The summed E-state index contributed by atoms with van der Waals surface area (Å²) in [6.45, 7) is 2.03. The number of hydrogen-bond donors (Lipinski definition) is 1. The molecule has 0 unspecified atom stereocenters. The summed E-state index contributed by atoms with van der Waals surface area (Å²) in [6.07, 6.45) is 1.82. The first kappa shape index (κ1) is 7.22. The maximum absolute atomic E-state index is 5.19. The number of rotatable bonds is 1. The van der Waals surface area contributed by atoms with E-state index < -0.39 is 0 Å². The van der Waals surface area contributed by atoms with Crippen LogP contribution in [-0.4, -0.2) is 12.1 Å². The van der Waals surface area contributed by atoms with Crippen molar-refractivity contribution in [2.45, 2.75) is 6.92 Å². The number of benzene rings is 1. The van der Waals surface area contributed by atoms with E-state index >= 15 is 0 Å². The molecule has 61 valence electrons. The zero-order chi connectivity index (χ0) is 8.55. The Balaban J connectivity index is 2.78. The van der Waals surface area contributed by atoms with E-state index in [4.69, 9.17) is 4.74 Å². The molecule has 1 radical (unpaired) electrons. The normalized spacial score (nSPS) is 10.5. The minimum absolute atomic E-state index is 0.915. The van der Waals surface area contributed by atoms with Crippen molar-refractivity contribution < 1.29 is 4.74 Å². The van der Waals surface area contributed by atoms with Crippen LogP contribution in [0.2, 0.25) is 0 Å². The number of methoxy groups -OCH3 is 1. The van der Waals surface area contributed by atoms with Gasteiger partial charge < -0.3 is 9.72 Å². The van der Waals surface area contributed by atoms with Crippen LogP contribution in [0.5, 0.6) is 5.75 Å². The predicted octanol–water partition coefficient (Wildman–Crippen LogP) is 2.29. The molecule has 12 heavy (non-hydrogen) atoms. The van der Waals surface area contributed by atoms with Crippen LogP contribution in [0.25, 0.3) is 10.9 Å². The molecule has 1 aromatic heterocycles. The number of fused-ring (bicyclic) bond motifs is 1. The molecular weight excluding hydrogens is 150 g/mol. The maximum atomic E-state index is 5.19. The number of H-pyrrole nitrogens is 1. The standard InChI is InChI=1S/C10H10NO/c1-7-9(12-2)4-3-8-5-6-11-10(7)8/h3-4,6,11H,1-2H3. The Hall–Kier alpha value is -1.44. The zero-order valence-electron chi connectivity index (χ0n) is 7.14. The number of nitrogens with one attached hydrogen (secondary N) is 1. The van der Waals surface area contributed by atoms with Crippen molar-refractivity contribution in [2.24, 2.45) is 0 Å². The van der Waals surface area contributed by atoms with E-state index in [9.17, 15) is 0 Å². The van der Waals surface area contributed by atoms with Crippen LogP contribution in [-0.2, 0) is 0 Å². The van der Waals surface area contributed by atoms with Crippen LogP contribution in [0.15, 0.2) is 18.3 Å². The van der Waals surface area contributed by atoms with Crippen LogP contribution in [0, 0.1) is 13.0 Å². The van der Waals surface area contributed by atoms with Gasteiger partial charge in [-0.15, -0.1) is 0 Å². The zero-order valence-corrected chi connectivity index (χ0v) is 7.14. The molecule has 0 amide bonds. The molecule has 1 aromatic carbocycles. The fraction of sp³-hybridized carbons (Fsp3) is 0.200. The van der Waals surface area contributed by atoms with Crippen LogP contribution in [0.1, 0.15) is 5.56 Å². The van der Waals surface area contributed by atoms with E-state index in [1.54, 1.807) is 7.11 Å². The Bertz CT molecular complexity index is 403. The van der Waals surface area contributed by atoms with Gasteiger partial charge >= 0.3 is 0 Å². The summed E-state index contributed by atoms with van der Waals surface area (Å²) < 4.78 is 5.19. The summed E-state index contributed by atoms with van der Waals surface area (Å²) in [5.41, 5.74) is 2.24. The summed E-state index contributed by atoms with van der Waals surface area (Å²) in [5.74, 6) is 0.915. The van der Waals surface area contributed by atoms with Gasteiger partial charge in [-0.3, -0.25) is 0 Å². The third-order valence-electron chi connectivity index (χ3n) is 2.08. The molecule has 0 fully saturated rings. The van der Waals surface area contributed by atoms with Gasteiger partial charge in [-0.2, -0.15) is 0 Å². The first-order chi connectivity index (χ1) is 5.83. The van der Waals surface area contributed by atoms with Crippen molar-refractivity contribution in [3.8, 4) is 5.75 Å². The quantitative estimate of drug-likeness (QED) is 0.680. The van der Waals surface area contributed by atoms with Gasteiger partial charge in [-0.25, -0.2) is 0 Å². The van der Waals surface area contributed by atoms with Gasteiger partial charge in [-0.1, -0.05) is 0 Å². The number of aromatic amines is 1. The smallest absolute Gasteiger partial charge is 0.123 e. The molecule has 0 aliphatic carbocycles. The van der Waals surface area contributed by atoms with E-state index in [2.05, 4.69) is 11.1 Å². The molecule has 0 saturated carbocycles. The second kappa shape index (κ2) is 2.55. The van der Waals surface area contributed by atoms with Crippen molar-refractivity contribution in [3.63, 3.8) is 0 Å². The first-order valence-electron chi connectivity index (χ1n) is 3.85. The average Bonchev–Trinajstić information content (AvgIpc) is 2.53. The van der Waals surface area contributed by atoms with Crippen molar-refractivity contribution in [1.82, 2.24) is 4.98 Å². The second-order valence-electron chi connectivity index (χ2n) is 2.75. The Morgan fingerprint density at radius 3 is 3.00 bits per heavy atom. The molecule has 0 aliphatic rings. The molecule has 1 heterocycles. The summed E-state index contributed by atoms with van der Waals surface area (Å²) in [6, 6.07) is 7.06. The highest BCUT2D eigenvalue weighted by Crippen LogP contribution is 2.25. The summed E-state index contributed by atoms with van der Waals surface area (Å²) in [4.78, 5) is 3.13. The van der Waals surface area contributed by atoms with E-state index in [0.29, 0.717) is 0 Å². The monoisotopic (exact) mass is 160 g/mol. The SMILES string of the molecule is COc1ccc2[c]c[nH]c2c1C. The van der Waals surface area contributed by atoms with Gasteiger partial charge in [0.2, 0.25) is 0 Å². The highest BCUT2D eigenvalue weighted by molar-refractivity contribution is 5.83. The van der Waals surface area contributed by atoms with Crippen molar-refractivity contribution in [3.05, 3.63) is 30.0 Å². The van der Waals surface area contributed by atoms with Crippen LogP contribution in [0.4, 0.5) is 0 Å². The molecule has 0 bridgehead atoms. The third-order valence-corrected chi connectivity index (χ3v) is 2.08. The minimum Gasteiger partial charge on any atom is -0.496 e. The lowest BCUT2D eigenvalue weighted by Crippen LogP contribution is -1.87. The van der Waals surface area contributed by atoms with Crippen LogP contribution >= 0.6 is 0 Å². The molecular formula is C10H10NO. The van der Waals surface area contributed by atoms with Crippen molar-refractivity contribution in [2.75, 3.05) is 7.11 Å². The van der Waals surface area contributed by atoms with Crippen molar-refractivity contribution >= 4 is 10.9 Å². The van der Waals surface area contributed by atoms with Gasteiger partial charge in [0.05, 0.1) is 12.6 Å². The maximum Gasteiger partial charge on any atom is 0.123 e. The van der Waals surface area contributed by atoms with Gasteiger partial charge in [0.1, 0.15) is 5.75 Å².